The molecule has 1 nitrogen and oxygen atoms in total. The fraction of sp³-hybridized carbons (Fsp3) is 1.00. The van der Waals surface area contributed by atoms with Gasteiger partial charge in [-0.05, 0) is 30.6 Å². The fourth-order valence-electron chi connectivity index (χ4n) is 2.29. The molecule has 0 saturated heterocycles. The second kappa shape index (κ2) is 3.72. The molecule has 1 aliphatic rings. The molecule has 1 aliphatic carbocycles. The maximum absolute atomic E-state index is 12.2. The summed E-state index contributed by atoms with van der Waals surface area (Å²) in [6.45, 7) is 3.92. The molecule has 0 aromatic heterocycles. The Balaban J connectivity index is 2.61. The van der Waals surface area contributed by atoms with Crippen molar-refractivity contribution in [3.63, 3.8) is 0 Å². The van der Waals surface area contributed by atoms with Gasteiger partial charge in [-0.15, -0.1) is 0 Å². The van der Waals surface area contributed by atoms with Gasteiger partial charge in [0.25, 0.3) is 0 Å². The lowest BCUT2D eigenvalue weighted by molar-refractivity contribution is -0.224. The predicted octanol–water partition coefficient (Wildman–Crippen LogP) is 3.13. The molecule has 0 heterocycles. The maximum atomic E-state index is 12.2. The normalized spacial score (nSPS) is 30.0. The highest BCUT2D eigenvalue weighted by Gasteiger charge is 2.45. The third-order valence-electron chi connectivity index (χ3n) is 3.03. The molecule has 0 radical (unpaired) electrons. The minimum Gasteiger partial charge on any atom is -0.383 e. The third-order valence-corrected chi connectivity index (χ3v) is 3.03. The minimum atomic E-state index is -4.46. The van der Waals surface area contributed by atoms with Gasteiger partial charge in [0, 0.05) is 0 Å². The lowest BCUT2D eigenvalue weighted by Crippen LogP contribution is -2.40. The van der Waals surface area contributed by atoms with E-state index in [1.807, 2.05) is 13.8 Å². The molecule has 0 aliphatic heterocycles. The van der Waals surface area contributed by atoms with Crippen LogP contribution in [0.15, 0.2) is 0 Å². The van der Waals surface area contributed by atoms with Crippen LogP contribution in [0.2, 0.25) is 0 Å². The second-order valence-corrected chi connectivity index (χ2v) is 5.01. The third kappa shape index (κ3) is 2.87. The standard InChI is InChI=1S/C10H17F3O/c1-9(2)5-3-4-7(6-9)8(14)10(11,12)13/h7-8,14H,3-6H2,1-2H3/t7?,8-/m0/s1. The van der Waals surface area contributed by atoms with Crippen molar-refractivity contribution in [3.8, 4) is 0 Å². The lowest BCUT2D eigenvalue weighted by Gasteiger charge is -2.37. The van der Waals surface area contributed by atoms with Crippen molar-refractivity contribution in [3.05, 3.63) is 0 Å². The van der Waals surface area contributed by atoms with Crippen molar-refractivity contribution in [2.75, 3.05) is 0 Å². The molecule has 0 aromatic rings. The SMILES string of the molecule is CC1(C)CCCC([C@H](O)C(F)(F)F)C1. The number of halogens is 3. The van der Waals surface area contributed by atoms with Gasteiger partial charge in [0.2, 0.25) is 0 Å². The Labute approximate surface area is 82.3 Å². The molecule has 1 unspecified atom stereocenters. The fourth-order valence-corrected chi connectivity index (χ4v) is 2.29. The molecule has 0 spiro atoms. The van der Waals surface area contributed by atoms with Gasteiger partial charge in [-0.2, -0.15) is 13.2 Å². The van der Waals surface area contributed by atoms with Gasteiger partial charge in [-0.3, -0.25) is 0 Å². The van der Waals surface area contributed by atoms with Gasteiger partial charge in [-0.25, -0.2) is 0 Å². The van der Waals surface area contributed by atoms with Crippen molar-refractivity contribution in [2.24, 2.45) is 11.3 Å². The van der Waals surface area contributed by atoms with Gasteiger partial charge in [0.05, 0.1) is 0 Å². The van der Waals surface area contributed by atoms with E-state index < -0.39 is 18.2 Å². The number of alkyl halides is 3. The van der Waals surface area contributed by atoms with Crippen molar-refractivity contribution in [1.29, 1.82) is 0 Å². The molecule has 4 heteroatoms. The average molecular weight is 210 g/mol. The highest BCUT2D eigenvalue weighted by Crippen LogP contribution is 2.42. The molecule has 0 aromatic carbocycles. The van der Waals surface area contributed by atoms with Crippen LogP contribution in [0.5, 0.6) is 0 Å². The van der Waals surface area contributed by atoms with Crippen LogP contribution in [0.4, 0.5) is 13.2 Å². The number of hydrogen-bond acceptors (Lipinski definition) is 1. The number of rotatable bonds is 1. The number of aliphatic hydroxyl groups is 1. The Morgan fingerprint density at radius 1 is 1.36 bits per heavy atom. The van der Waals surface area contributed by atoms with Gasteiger partial charge in [-0.1, -0.05) is 20.3 Å². The van der Waals surface area contributed by atoms with Gasteiger partial charge in [0.1, 0.15) is 0 Å². The van der Waals surface area contributed by atoms with E-state index in [9.17, 15) is 13.2 Å². The van der Waals surface area contributed by atoms with Crippen LogP contribution in [-0.2, 0) is 0 Å². The van der Waals surface area contributed by atoms with E-state index in [1.165, 1.54) is 0 Å². The summed E-state index contributed by atoms with van der Waals surface area (Å²) in [7, 11) is 0. The highest BCUT2D eigenvalue weighted by molar-refractivity contribution is 4.85. The first-order chi connectivity index (χ1) is 6.22. The van der Waals surface area contributed by atoms with Crippen molar-refractivity contribution >= 4 is 0 Å². The highest BCUT2D eigenvalue weighted by atomic mass is 19.4. The summed E-state index contributed by atoms with van der Waals surface area (Å²) < 4.78 is 36.7. The lowest BCUT2D eigenvalue weighted by atomic mass is 9.70. The van der Waals surface area contributed by atoms with Crippen LogP contribution in [0, 0.1) is 11.3 Å². The predicted molar refractivity (Wildman–Crippen MR) is 47.8 cm³/mol. The topological polar surface area (TPSA) is 20.2 Å². The van der Waals surface area contributed by atoms with Crippen LogP contribution in [0.3, 0.4) is 0 Å². The molecule has 1 fully saturated rings. The summed E-state index contributed by atoms with van der Waals surface area (Å²) in [5.74, 6) is -0.612. The van der Waals surface area contributed by atoms with Gasteiger partial charge < -0.3 is 5.11 Å². The minimum absolute atomic E-state index is 0.0604. The monoisotopic (exact) mass is 210 g/mol. The first kappa shape index (κ1) is 11.8. The van der Waals surface area contributed by atoms with E-state index in [1.54, 1.807) is 0 Å². The summed E-state index contributed by atoms with van der Waals surface area (Å²) in [5.41, 5.74) is -0.0604. The smallest absolute Gasteiger partial charge is 0.383 e. The van der Waals surface area contributed by atoms with Crippen LogP contribution < -0.4 is 0 Å². The Morgan fingerprint density at radius 3 is 2.36 bits per heavy atom. The van der Waals surface area contributed by atoms with Crippen LogP contribution in [0.1, 0.15) is 39.5 Å². The molecule has 1 N–H and O–H groups in total. The van der Waals surface area contributed by atoms with Gasteiger partial charge in [0.15, 0.2) is 6.10 Å². The molecule has 0 amide bonds. The first-order valence-corrected chi connectivity index (χ1v) is 4.97. The zero-order chi connectivity index (χ0) is 11.0. The summed E-state index contributed by atoms with van der Waals surface area (Å²) in [5, 5.41) is 9.12. The summed E-state index contributed by atoms with van der Waals surface area (Å²) in [6.07, 6.45) is -3.91. The van der Waals surface area contributed by atoms with Crippen LogP contribution in [-0.4, -0.2) is 17.4 Å². The average Bonchev–Trinajstić information content (AvgIpc) is 1.99. The molecule has 84 valence electrons. The summed E-state index contributed by atoms with van der Waals surface area (Å²) >= 11 is 0. The van der Waals surface area contributed by atoms with E-state index in [0.717, 1.165) is 12.8 Å². The second-order valence-electron chi connectivity index (χ2n) is 5.01. The Bertz CT molecular complexity index is 195. The molecule has 2 atom stereocenters. The first-order valence-electron chi connectivity index (χ1n) is 4.97. The zero-order valence-corrected chi connectivity index (χ0v) is 8.56. The Kier molecular flexibility index (Phi) is 3.14. The Hall–Kier alpha value is -0.250. The van der Waals surface area contributed by atoms with Crippen molar-refractivity contribution < 1.29 is 18.3 Å². The number of hydrogen-bond donors (Lipinski definition) is 1. The van der Waals surface area contributed by atoms with Crippen molar-refractivity contribution in [1.82, 2.24) is 0 Å². The molecule has 0 bridgehead atoms. The van der Waals surface area contributed by atoms with E-state index in [2.05, 4.69) is 0 Å². The maximum Gasteiger partial charge on any atom is 0.414 e. The van der Waals surface area contributed by atoms with E-state index in [4.69, 9.17) is 5.11 Å². The molecular weight excluding hydrogens is 193 g/mol. The molecular formula is C10H17F3O. The summed E-state index contributed by atoms with van der Waals surface area (Å²) in [4.78, 5) is 0. The van der Waals surface area contributed by atoms with Crippen molar-refractivity contribution in [2.45, 2.75) is 51.8 Å². The Morgan fingerprint density at radius 2 is 1.93 bits per heavy atom. The molecule has 1 rings (SSSR count). The van der Waals surface area contributed by atoms with E-state index >= 15 is 0 Å². The van der Waals surface area contributed by atoms with E-state index in [0.29, 0.717) is 12.8 Å². The molecule has 1 saturated carbocycles. The number of aliphatic hydroxyl groups excluding tert-OH is 1. The summed E-state index contributed by atoms with van der Waals surface area (Å²) in [6, 6.07) is 0. The quantitative estimate of drug-likeness (QED) is 0.705. The van der Waals surface area contributed by atoms with Gasteiger partial charge >= 0.3 is 6.18 Å². The molecule has 14 heavy (non-hydrogen) atoms. The zero-order valence-electron chi connectivity index (χ0n) is 8.56. The van der Waals surface area contributed by atoms with Crippen LogP contribution in [0.25, 0.3) is 0 Å². The largest absolute Gasteiger partial charge is 0.414 e. The van der Waals surface area contributed by atoms with E-state index in [-0.39, 0.29) is 5.41 Å². The van der Waals surface area contributed by atoms with Crippen LogP contribution >= 0.6 is 0 Å².